The summed E-state index contributed by atoms with van der Waals surface area (Å²) in [5, 5.41) is 2.66. The molecule has 0 aromatic heterocycles. The molecule has 2 saturated heterocycles. The van der Waals surface area contributed by atoms with Crippen LogP contribution in [0.4, 0.5) is 4.79 Å². The van der Waals surface area contributed by atoms with Gasteiger partial charge in [-0.15, -0.1) is 0 Å². The molecular weight excluding hydrogens is 326 g/mol. The summed E-state index contributed by atoms with van der Waals surface area (Å²) in [6.45, 7) is 7.81. The van der Waals surface area contributed by atoms with Crippen molar-refractivity contribution in [2.24, 2.45) is 5.92 Å². The van der Waals surface area contributed by atoms with Gasteiger partial charge in [0.05, 0.1) is 6.61 Å². The van der Waals surface area contributed by atoms with Crippen LogP contribution in [0.3, 0.4) is 0 Å². The number of carbonyl (C=O) groups is 3. The highest BCUT2D eigenvalue weighted by molar-refractivity contribution is 5.78. The van der Waals surface area contributed by atoms with E-state index in [9.17, 15) is 14.4 Å². The van der Waals surface area contributed by atoms with E-state index in [4.69, 9.17) is 9.47 Å². The number of urea groups is 1. The Bertz CT molecular complexity index is 511. The molecule has 25 heavy (non-hydrogen) atoms. The molecule has 8 heteroatoms. The molecule has 8 nitrogen and oxygen atoms in total. The Labute approximate surface area is 148 Å². The number of esters is 1. The van der Waals surface area contributed by atoms with Crippen LogP contribution in [0.5, 0.6) is 0 Å². The van der Waals surface area contributed by atoms with Gasteiger partial charge in [-0.1, -0.05) is 0 Å². The van der Waals surface area contributed by atoms with Crippen molar-refractivity contribution in [1.82, 2.24) is 15.1 Å². The number of hydrogen-bond donors (Lipinski definition) is 1. The van der Waals surface area contributed by atoms with Gasteiger partial charge in [-0.3, -0.25) is 14.5 Å². The third-order valence-electron chi connectivity index (χ3n) is 5.26. The van der Waals surface area contributed by atoms with Crippen molar-refractivity contribution in [3.05, 3.63) is 0 Å². The topological polar surface area (TPSA) is 88.2 Å². The number of hydrogen-bond acceptors (Lipinski definition) is 6. The van der Waals surface area contributed by atoms with E-state index in [-0.39, 0.29) is 18.7 Å². The van der Waals surface area contributed by atoms with Crippen LogP contribution < -0.4 is 5.32 Å². The number of amides is 2. The normalized spacial score (nSPS) is 25.0. The minimum absolute atomic E-state index is 0.0509. The lowest BCUT2D eigenvalue weighted by Gasteiger charge is -2.44. The maximum atomic E-state index is 12.6. The first-order valence-electron chi connectivity index (χ1n) is 8.86. The fourth-order valence-corrected chi connectivity index (χ4v) is 4.06. The number of carbonyl (C=O) groups excluding carboxylic acids is 3. The molecule has 2 aliphatic rings. The molecule has 142 valence electrons. The predicted molar refractivity (Wildman–Crippen MR) is 90.9 cm³/mol. The van der Waals surface area contributed by atoms with Crippen molar-refractivity contribution in [1.29, 1.82) is 0 Å². The van der Waals surface area contributed by atoms with Crippen molar-refractivity contribution in [2.45, 2.75) is 51.3 Å². The fraction of sp³-hybridized carbons (Fsp3) is 0.824. The summed E-state index contributed by atoms with van der Waals surface area (Å²) in [4.78, 5) is 39.4. The van der Waals surface area contributed by atoms with Gasteiger partial charge in [-0.05, 0) is 46.1 Å². The first kappa shape index (κ1) is 19.5. The third kappa shape index (κ3) is 4.05. The van der Waals surface area contributed by atoms with E-state index in [1.165, 1.54) is 0 Å². The molecule has 2 aliphatic heterocycles. The predicted octanol–water partition coefficient (Wildman–Crippen LogP) is 0.605. The summed E-state index contributed by atoms with van der Waals surface area (Å²) in [6, 6.07) is -0.756. The highest BCUT2D eigenvalue weighted by Crippen LogP contribution is 2.36. The van der Waals surface area contributed by atoms with E-state index < -0.39 is 17.6 Å². The van der Waals surface area contributed by atoms with Crippen molar-refractivity contribution in [3.63, 3.8) is 0 Å². The summed E-state index contributed by atoms with van der Waals surface area (Å²) < 4.78 is 10.5. The van der Waals surface area contributed by atoms with Crippen LogP contribution in [0.25, 0.3) is 0 Å². The highest BCUT2D eigenvalue weighted by Gasteiger charge is 2.50. The molecular formula is C17H29N3O5. The molecule has 2 rings (SSSR count). The lowest BCUT2D eigenvalue weighted by atomic mass is 9.90. The Morgan fingerprint density at radius 3 is 2.60 bits per heavy atom. The second-order valence-corrected chi connectivity index (χ2v) is 7.12. The first-order valence-corrected chi connectivity index (χ1v) is 8.86. The largest absolute Gasteiger partial charge is 0.465 e. The van der Waals surface area contributed by atoms with E-state index in [1.807, 2.05) is 0 Å². The number of nitrogens with zero attached hydrogens (tertiary/aromatic N) is 2. The Kier molecular flexibility index (Phi) is 6.26. The smallest absolute Gasteiger partial charge is 0.327 e. The van der Waals surface area contributed by atoms with Crippen molar-refractivity contribution < 1.29 is 23.9 Å². The van der Waals surface area contributed by atoms with E-state index in [1.54, 1.807) is 32.7 Å². The number of ether oxygens (including phenoxy) is 2. The average molecular weight is 355 g/mol. The van der Waals surface area contributed by atoms with E-state index >= 15 is 0 Å². The number of fused-ring (bicyclic) bond motifs is 1. The molecule has 1 N–H and O–H groups in total. The fourth-order valence-electron chi connectivity index (χ4n) is 4.06. The van der Waals surface area contributed by atoms with E-state index in [2.05, 4.69) is 10.2 Å². The highest BCUT2D eigenvalue weighted by atomic mass is 16.6. The molecule has 2 heterocycles. The second kappa shape index (κ2) is 8.03. The van der Waals surface area contributed by atoms with Crippen LogP contribution in [0, 0.1) is 5.92 Å². The number of nitrogens with one attached hydrogen (secondary N) is 1. The lowest BCUT2D eigenvalue weighted by molar-refractivity contribution is -0.168. The summed E-state index contributed by atoms with van der Waals surface area (Å²) in [5.74, 6) is 0.0249. The quantitative estimate of drug-likeness (QED) is 0.555. The summed E-state index contributed by atoms with van der Waals surface area (Å²) >= 11 is 0. The molecule has 2 unspecified atom stereocenters. The van der Waals surface area contributed by atoms with Crippen molar-refractivity contribution >= 4 is 18.5 Å². The Morgan fingerprint density at radius 1 is 1.32 bits per heavy atom. The molecule has 0 aromatic carbocycles. The van der Waals surface area contributed by atoms with Gasteiger partial charge in [-0.25, -0.2) is 4.79 Å². The van der Waals surface area contributed by atoms with Crippen LogP contribution >= 0.6 is 0 Å². The molecule has 2 fully saturated rings. The molecule has 0 aromatic rings. The monoisotopic (exact) mass is 355 g/mol. The molecule has 0 aliphatic carbocycles. The zero-order valence-electron chi connectivity index (χ0n) is 15.5. The average Bonchev–Trinajstić information content (AvgIpc) is 2.97. The molecule has 3 atom stereocenters. The maximum Gasteiger partial charge on any atom is 0.327 e. The van der Waals surface area contributed by atoms with Crippen LogP contribution in [-0.4, -0.2) is 79.2 Å². The van der Waals surface area contributed by atoms with Crippen LogP contribution in [-0.2, 0) is 19.1 Å². The van der Waals surface area contributed by atoms with Gasteiger partial charge in [0, 0.05) is 26.2 Å². The first-order chi connectivity index (χ1) is 11.9. The van der Waals surface area contributed by atoms with Gasteiger partial charge in [0.25, 0.3) is 6.47 Å². The SMILES string of the molecule is CCOC(=O)[C@@H](N1CCC2CCN(C(=O)NC)CC21)C(C)(C)OC=O. The minimum atomic E-state index is -1.02. The molecule has 0 bridgehead atoms. The van der Waals surface area contributed by atoms with Gasteiger partial charge >= 0.3 is 12.0 Å². The molecule has 0 saturated carbocycles. The van der Waals surface area contributed by atoms with E-state index in [0.717, 1.165) is 12.8 Å². The third-order valence-corrected chi connectivity index (χ3v) is 5.26. The van der Waals surface area contributed by atoms with Gasteiger partial charge in [0.1, 0.15) is 11.6 Å². The van der Waals surface area contributed by atoms with Crippen molar-refractivity contribution in [3.8, 4) is 0 Å². The Hall–Kier alpha value is -1.83. The summed E-state index contributed by atoms with van der Waals surface area (Å²) in [7, 11) is 1.61. The van der Waals surface area contributed by atoms with Crippen LogP contribution in [0.1, 0.15) is 33.6 Å². The minimum Gasteiger partial charge on any atom is -0.465 e. The zero-order chi connectivity index (χ0) is 18.6. The van der Waals surface area contributed by atoms with Crippen LogP contribution in [0.2, 0.25) is 0 Å². The van der Waals surface area contributed by atoms with Gasteiger partial charge < -0.3 is 19.7 Å². The number of piperidine rings is 1. The molecule has 0 radical (unpaired) electrons. The van der Waals surface area contributed by atoms with Gasteiger partial charge in [0.15, 0.2) is 0 Å². The maximum absolute atomic E-state index is 12.6. The van der Waals surface area contributed by atoms with E-state index in [0.29, 0.717) is 32.0 Å². The summed E-state index contributed by atoms with van der Waals surface area (Å²) in [5.41, 5.74) is -1.02. The Balaban J connectivity index is 2.25. The standard InChI is InChI=1S/C17H29N3O5/c1-5-24-15(22)14(17(2,3)25-11-21)20-9-7-12-6-8-19(10-13(12)20)16(23)18-4/h11-14H,5-10H2,1-4H3,(H,18,23)/t12?,13?,14-/m1/s1. The van der Waals surface area contributed by atoms with Gasteiger partial charge in [0.2, 0.25) is 0 Å². The zero-order valence-corrected chi connectivity index (χ0v) is 15.5. The molecule has 0 spiro atoms. The second-order valence-electron chi connectivity index (χ2n) is 7.12. The van der Waals surface area contributed by atoms with Gasteiger partial charge in [-0.2, -0.15) is 0 Å². The lowest BCUT2D eigenvalue weighted by Crippen LogP contribution is -2.61. The number of rotatable bonds is 6. The van der Waals surface area contributed by atoms with Crippen LogP contribution in [0.15, 0.2) is 0 Å². The Morgan fingerprint density at radius 2 is 2.00 bits per heavy atom. The van der Waals surface area contributed by atoms with Crippen molar-refractivity contribution in [2.75, 3.05) is 33.3 Å². The molecule has 2 amide bonds. The number of likely N-dealkylation sites (tertiary alicyclic amines) is 2. The summed E-state index contributed by atoms with van der Waals surface area (Å²) in [6.07, 6.45) is 1.86.